The molecule has 6 saturated carbocycles. The molecule has 0 aromatic carbocycles. The highest BCUT2D eigenvalue weighted by Gasteiger charge is 2.71. The second-order valence-electron chi connectivity index (χ2n) is 23.5. The smallest absolute Gasteiger partial charge is 0.407 e. The number of esters is 1. The van der Waals surface area contributed by atoms with E-state index < -0.39 is 33.2 Å². The quantitative estimate of drug-likeness (QED) is 0.0815. The fraction of sp³-hybridized carbons (Fsp3) is 0.900. The molecular weight excluding hydrogens is 835 g/mol. The summed E-state index contributed by atoms with van der Waals surface area (Å²) in [5.74, 6) is 0.605. The highest BCUT2D eigenvalue weighted by atomic mass is 32.2. The molecule has 7 aliphatic rings. The maximum Gasteiger partial charge on any atom is 0.407 e. The number of methoxy groups -OCH3 is 1. The van der Waals surface area contributed by atoms with Gasteiger partial charge in [0.25, 0.3) is 0 Å². The molecule has 64 heavy (non-hydrogen) atoms. The van der Waals surface area contributed by atoms with Crippen molar-refractivity contribution in [1.82, 2.24) is 15.5 Å². The fourth-order valence-corrected chi connectivity index (χ4v) is 17.3. The summed E-state index contributed by atoms with van der Waals surface area (Å²) in [6, 6.07) is -0.101. The van der Waals surface area contributed by atoms with E-state index in [1.165, 1.54) is 18.4 Å². The zero-order valence-corrected chi connectivity index (χ0v) is 41.5. The molecule has 13 atom stereocenters. The van der Waals surface area contributed by atoms with Gasteiger partial charge < -0.3 is 34.7 Å². The van der Waals surface area contributed by atoms with E-state index in [9.17, 15) is 27.9 Å². The average molecular weight is 918 g/mol. The van der Waals surface area contributed by atoms with Crippen LogP contribution in [0.4, 0.5) is 4.79 Å². The number of hydrogen-bond donors (Lipinski definition) is 3. The van der Waals surface area contributed by atoms with Crippen LogP contribution in [0, 0.1) is 68.5 Å². The van der Waals surface area contributed by atoms with E-state index in [0.29, 0.717) is 75.4 Å². The summed E-state index contributed by atoms with van der Waals surface area (Å²) in [4.78, 5) is 40.6. The van der Waals surface area contributed by atoms with Crippen molar-refractivity contribution in [3.63, 3.8) is 0 Å². The van der Waals surface area contributed by atoms with Crippen molar-refractivity contribution in [3.05, 3.63) is 12.2 Å². The maximum absolute atomic E-state index is 13.7. The summed E-state index contributed by atoms with van der Waals surface area (Å²) in [5.41, 5.74) is 0.741. The van der Waals surface area contributed by atoms with E-state index in [0.717, 1.165) is 51.4 Å². The Balaban J connectivity index is 1.06. The second-order valence-corrected chi connectivity index (χ2v) is 25.8. The number of carboxylic acid groups (broad SMARTS) is 1. The number of hydrogen-bond acceptors (Lipinski definition) is 11. The molecule has 0 bridgehead atoms. The Morgan fingerprint density at radius 1 is 0.797 bits per heavy atom. The minimum Gasteiger partial charge on any atom is -0.481 e. The standard InChI is InChI=1S/C50H83N3O10S/c1-32(2)34-13-18-50(52-31-33(53-21-27-64(58,59)28-22-53)30-51-44(57)62-26-25-61-24-23-60-10)20-19-48(8)35(41(34)50)11-12-39-47(7)16-15-40(46(5,6)38(47)14-17-49(39,48)9)63-43(56)37-29-36(42(54)55)45(37,3)4/h33-41,52H,1,11-31H2,2-10H3,(H,51,57)(H,54,55)/t33-,34-,35+,36-,37+,38-,39+,40-,41+,47-,48+,49+,50-/m0/s1. The number of carboxylic acids is 1. The lowest BCUT2D eigenvalue weighted by atomic mass is 9.32. The molecule has 1 saturated heterocycles. The van der Waals surface area contributed by atoms with Crippen LogP contribution in [0.25, 0.3) is 0 Å². The van der Waals surface area contributed by atoms with Crippen LogP contribution in [0.15, 0.2) is 12.2 Å². The lowest BCUT2D eigenvalue weighted by molar-refractivity contribution is -0.248. The molecule has 14 heteroatoms. The van der Waals surface area contributed by atoms with Crippen LogP contribution in [0.5, 0.6) is 0 Å². The molecule has 7 fully saturated rings. The van der Waals surface area contributed by atoms with Crippen molar-refractivity contribution >= 4 is 27.9 Å². The Bertz CT molecular complexity index is 1860. The summed E-state index contributed by atoms with van der Waals surface area (Å²) < 4.78 is 47.4. The Kier molecular flexibility index (Phi) is 14.2. The predicted molar refractivity (Wildman–Crippen MR) is 246 cm³/mol. The van der Waals surface area contributed by atoms with Crippen molar-refractivity contribution < 1.29 is 46.9 Å². The predicted octanol–water partition coefficient (Wildman–Crippen LogP) is 7.13. The number of amides is 1. The Morgan fingerprint density at radius 2 is 1.50 bits per heavy atom. The lowest BCUT2D eigenvalue weighted by Gasteiger charge is -2.73. The second kappa shape index (κ2) is 18.3. The molecule has 0 unspecified atom stereocenters. The topological polar surface area (TPSA) is 170 Å². The van der Waals surface area contributed by atoms with Gasteiger partial charge in [0.05, 0.1) is 43.2 Å². The Labute approximate surface area is 384 Å². The summed E-state index contributed by atoms with van der Waals surface area (Å²) in [7, 11) is -1.47. The maximum atomic E-state index is 13.7. The van der Waals surface area contributed by atoms with Gasteiger partial charge in [-0.05, 0) is 129 Å². The van der Waals surface area contributed by atoms with Crippen LogP contribution in [0.2, 0.25) is 0 Å². The number of aliphatic carboxylic acids is 1. The number of fused-ring (bicyclic) bond motifs is 7. The van der Waals surface area contributed by atoms with Gasteiger partial charge in [0.1, 0.15) is 12.7 Å². The molecule has 7 rings (SSSR count). The normalized spacial score (nSPS) is 41.1. The minimum absolute atomic E-state index is 0.0817. The zero-order chi connectivity index (χ0) is 46.7. The summed E-state index contributed by atoms with van der Waals surface area (Å²) in [6.45, 7) is 26.4. The average Bonchev–Trinajstić information content (AvgIpc) is 3.60. The van der Waals surface area contributed by atoms with Crippen molar-refractivity contribution in [3.8, 4) is 0 Å². The van der Waals surface area contributed by atoms with Gasteiger partial charge in [0.2, 0.25) is 0 Å². The summed E-state index contributed by atoms with van der Waals surface area (Å²) >= 11 is 0. The monoisotopic (exact) mass is 918 g/mol. The van der Waals surface area contributed by atoms with Crippen molar-refractivity contribution in [2.24, 2.45) is 68.5 Å². The van der Waals surface area contributed by atoms with Gasteiger partial charge in [-0.1, -0.05) is 60.6 Å². The van der Waals surface area contributed by atoms with Crippen LogP contribution < -0.4 is 10.6 Å². The molecule has 1 aliphatic heterocycles. The largest absolute Gasteiger partial charge is 0.481 e. The first-order valence-electron chi connectivity index (χ1n) is 24.7. The number of alkyl carbamates (subject to hydrolysis) is 1. The number of ether oxygens (including phenoxy) is 4. The third-order valence-corrected chi connectivity index (χ3v) is 21.7. The number of allylic oxidation sites excluding steroid dienone is 1. The van der Waals surface area contributed by atoms with Crippen LogP contribution in [0.3, 0.4) is 0 Å². The third kappa shape index (κ3) is 8.72. The summed E-state index contributed by atoms with van der Waals surface area (Å²) in [6.07, 6.45) is 10.5. The van der Waals surface area contributed by atoms with E-state index >= 15 is 0 Å². The Hall–Kier alpha value is -2.26. The highest BCUT2D eigenvalue weighted by molar-refractivity contribution is 7.91. The number of nitrogens with zero attached hydrogens (tertiary/aromatic N) is 1. The highest BCUT2D eigenvalue weighted by Crippen LogP contribution is 2.76. The first kappa shape index (κ1) is 49.6. The lowest BCUT2D eigenvalue weighted by Crippen LogP contribution is -2.69. The molecular formula is C50H83N3O10S. The first-order valence-corrected chi connectivity index (χ1v) is 26.5. The van der Waals surface area contributed by atoms with Crippen LogP contribution >= 0.6 is 0 Å². The molecule has 364 valence electrons. The number of nitrogens with one attached hydrogen (secondary N) is 2. The van der Waals surface area contributed by atoms with Crippen molar-refractivity contribution in [2.45, 2.75) is 144 Å². The van der Waals surface area contributed by atoms with Gasteiger partial charge in [0, 0.05) is 50.3 Å². The van der Waals surface area contributed by atoms with Gasteiger partial charge in [-0.3, -0.25) is 14.5 Å². The van der Waals surface area contributed by atoms with Gasteiger partial charge in [-0.25, -0.2) is 13.2 Å². The minimum atomic E-state index is -3.08. The van der Waals surface area contributed by atoms with Crippen LogP contribution in [0.1, 0.15) is 126 Å². The zero-order valence-electron chi connectivity index (χ0n) is 40.7. The van der Waals surface area contributed by atoms with Gasteiger partial charge in [0.15, 0.2) is 9.84 Å². The fourth-order valence-electron chi connectivity index (χ4n) is 16.0. The van der Waals surface area contributed by atoms with E-state index in [2.05, 4.69) is 63.7 Å². The molecule has 0 spiro atoms. The molecule has 6 aliphatic carbocycles. The van der Waals surface area contributed by atoms with Crippen molar-refractivity contribution in [1.29, 1.82) is 0 Å². The van der Waals surface area contributed by atoms with Crippen molar-refractivity contribution in [2.75, 3.05) is 71.2 Å². The number of carbonyl (C=O) groups excluding carboxylic acids is 2. The molecule has 0 aromatic rings. The van der Waals surface area contributed by atoms with E-state index in [-0.39, 0.29) is 76.0 Å². The first-order chi connectivity index (χ1) is 30.0. The van der Waals surface area contributed by atoms with E-state index in [1.54, 1.807) is 7.11 Å². The number of sulfone groups is 1. The molecule has 1 heterocycles. The summed E-state index contributed by atoms with van der Waals surface area (Å²) in [5, 5.41) is 16.9. The SMILES string of the molecule is C=C(C)[C@@H]1CC[C@]2(NC[C@H](CNC(=O)OCCOCCOC)N3CCS(=O)(=O)CC3)CC[C@]3(C)[C@H](CC[C@@H]4[C@@]5(C)CC[C@H](OC(=O)[C@H]6C[C@@H](C(=O)O)C6(C)C)C(C)(C)[C@@H]5CC[C@]43C)[C@@H]12. The van der Waals surface area contributed by atoms with Gasteiger partial charge in [-0.2, -0.15) is 0 Å². The third-order valence-electron chi connectivity index (χ3n) is 20.1. The number of carbonyl (C=O) groups is 3. The Morgan fingerprint density at radius 3 is 2.16 bits per heavy atom. The molecule has 1 amide bonds. The van der Waals surface area contributed by atoms with Crippen LogP contribution in [-0.4, -0.2) is 125 Å². The molecule has 3 N–H and O–H groups in total. The van der Waals surface area contributed by atoms with E-state index in [4.69, 9.17) is 18.9 Å². The van der Waals surface area contributed by atoms with E-state index in [1.807, 2.05) is 13.8 Å². The van der Waals surface area contributed by atoms with Gasteiger partial charge >= 0.3 is 18.0 Å². The molecule has 0 radical (unpaired) electrons. The number of rotatable bonds is 16. The molecule has 13 nitrogen and oxygen atoms in total. The molecule has 0 aromatic heterocycles. The van der Waals surface area contributed by atoms with Gasteiger partial charge in [-0.15, -0.1) is 0 Å². The van der Waals surface area contributed by atoms with Crippen LogP contribution in [-0.2, 0) is 38.4 Å².